The predicted octanol–water partition coefficient (Wildman–Crippen LogP) is 3.07. The second kappa shape index (κ2) is 8.50. The molecule has 6 nitrogen and oxygen atoms in total. The maximum absolute atomic E-state index is 12.7. The fourth-order valence-corrected chi connectivity index (χ4v) is 3.23. The Bertz CT molecular complexity index is 848. The summed E-state index contributed by atoms with van der Waals surface area (Å²) in [5.41, 5.74) is 2.12. The van der Waals surface area contributed by atoms with E-state index in [-0.39, 0.29) is 17.5 Å². The minimum atomic E-state index is -0.299. The Morgan fingerprint density at radius 1 is 1.19 bits per heavy atom. The highest BCUT2D eigenvalue weighted by Gasteiger charge is 2.23. The molecule has 0 bridgehead atoms. The molecule has 27 heavy (non-hydrogen) atoms. The number of anilines is 1. The lowest BCUT2D eigenvalue weighted by molar-refractivity contribution is 0.0637. The van der Waals surface area contributed by atoms with E-state index in [9.17, 15) is 9.59 Å². The van der Waals surface area contributed by atoms with Crippen LogP contribution in [0.3, 0.4) is 0 Å². The topological polar surface area (TPSA) is 65.5 Å². The van der Waals surface area contributed by atoms with Gasteiger partial charge in [-0.25, -0.2) is 0 Å². The standard InChI is InChI=1S/C20H23ClN4O2/c1-3-24-9-11-25(12-10-24)20(27)18-13-15(7-8-22-18)19(26)23-17-6-4-5-16(21)14(17)2/h4-8,13H,3,9-12H2,1-2H3,(H,23,26). The van der Waals surface area contributed by atoms with Gasteiger partial charge in [-0.2, -0.15) is 0 Å². The van der Waals surface area contributed by atoms with E-state index in [0.29, 0.717) is 29.4 Å². The molecule has 2 heterocycles. The zero-order valence-electron chi connectivity index (χ0n) is 15.5. The molecule has 1 aliphatic heterocycles. The molecule has 0 saturated carbocycles. The van der Waals surface area contributed by atoms with Crippen LogP contribution < -0.4 is 5.32 Å². The molecule has 1 fully saturated rings. The van der Waals surface area contributed by atoms with Crippen molar-refractivity contribution in [2.75, 3.05) is 38.0 Å². The first kappa shape index (κ1) is 19.3. The van der Waals surface area contributed by atoms with E-state index in [4.69, 9.17) is 11.6 Å². The zero-order valence-corrected chi connectivity index (χ0v) is 16.3. The summed E-state index contributed by atoms with van der Waals surface area (Å²) >= 11 is 6.10. The van der Waals surface area contributed by atoms with Crippen LogP contribution in [0.25, 0.3) is 0 Å². The third kappa shape index (κ3) is 4.46. The van der Waals surface area contributed by atoms with Crippen LogP contribution in [-0.2, 0) is 0 Å². The Kier molecular flexibility index (Phi) is 6.08. The number of piperazine rings is 1. The molecule has 2 aromatic rings. The number of carbonyl (C=O) groups excluding carboxylic acids is 2. The predicted molar refractivity (Wildman–Crippen MR) is 106 cm³/mol. The SMILES string of the molecule is CCN1CCN(C(=O)c2cc(C(=O)Nc3cccc(Cl)c3C)ccn2)CC1. The first-order valence-electron chi connectivity index (χ1n) is 9.03. The van der Waals surface area contributed by atoms with Crippen LogP contribution in [0.1, 0.15) is 33.3 Å². The van der Waals surface area contributed by atoms with Crippen molar-refractivity contribution < 1.29 is 9.59 Å². The third-order valence-electron chi connectivity index (χ3n) is 4.86. The van der Waals surface area contributed by atoms with Crippen LogP contribution in [0.4, 0.5) is 5.69 Å². The second-order valence-electron chi connectivity index (χ2n) is 6.52. The van der Waals surface area contributed by atoms with Crippen LogP contribution in [-0.4, -0.2) is 59.3 Å². The van der Waals surface area contributed by atoms with Gasteiger partial charge in [0.15, 0.2) is 0 Å². The Balaban J connectivity index is 1.72. The van der Waals surface area contributed by atoms with Gasteiger partial charge >= 0.3 is 0 Å². The highest BCUT2D eigenvalue weighted by atomic mass is 35.5. The fourth-order valence-electron chi connectivity index (χ4n) is 3.06. The fraction of sp³-hybridized carbons (Fsp3) is 0.350. The Labute approximate surface area is 164 Å². The summed E-state index contributed by atoms with van der Waals surface area (Å²) < 4.78 is 0. The van der Waals surface area contributed by atoms with Crippen LogP contribution in [0.5, 0.6) is 0 Å². The lowest BCUT2D eigenvalue weighted by Gasteiger charge is -2.33. The molecule has 1 aromatic carbocycles. The third-order valence-corrected chi connectivity index (χ3v) is 5.27. The monoisotopic (exact) mass is 386 g/mol. The van der Waals surface area contributed by atoms with Gasteiger partial charge in [-0.15, -0.1) is 0 Å². The van der Waals surface area contributed by atoms with Crippen molar-refractivity contribution in [3.05, 3.63) is 58.4 Å². The van der Waals surface area contributed by atoms with Crippen molar-refractivity contribution in [3.8, 4) is 0 Å². The van der Waals surface area contributed by atoms with Gasteiger partial charge in [0.1, 0.15) is 5.69 Å². The molecule has 142 valence electrons. The number of nitrogens with zero attached hydrogens (tertiary/aromatic N) is 3. The smallest absolute Gasteiger partial charge is 0.272 e. The summed E-state index contributed by atoms with van der Waals surface area (Å²) in [7, 11) is 0. The quantitative estimate of drug-likeness (QED) is 0.877. The number of nitrogens with one attached hydrogen (secondary N) is 1. The largest absolute Gasteiger partial charge is 0.335 e. The zero-order chi connectivity index (χ0) is 19.4. The number of likely N-dealkylation sites (N-methyl/N-ethyl adjacent to an activating group) is 1. The number of hydrogen-bond acceptors (Lipinski definition) is 4. The van der Waals surface area contributed by atoms with Gasteiger partial charge in [0.25, 0.3) is 11.8 Å². The number of halogens is 1. The highest BCUT2D eigenvalue weighted by Crippen LogP contribution is 2.23. The summed E-state index contributed by atoms with van der Waals surface area (Å²) in [6, 6.07) is 8.49. The Morgan fingerprint density at radius 3 is 2.63 bits per heavy atom. The Morgan fingerprint density at radius 2 is 1.93 bits per heavy atom. The molecule has 1 N–H and O–H groups in total. The van der Waals surface area contributed by atoms with E-state index < -0.39 is 0 Å². The molecular formula is C20H23ClN4O2. The van der Waals surface area contributed by atoms with Gasteiger partial charge in [-0.1, -0.05) is 24.6 Å². The first-order chi connectivity index (χ1) is 13.0. The molecule has 7 heteroatoms. The minimum Gasteiger partial charge on any atom is -0.335 e. The molecule has 0 unspecified atom stereocenters. The minimum absolute atomic E-state index is 0.140. The van der Waals surface area contributed by atoms with E-state index in [0.717, 1.165) is 25.2 Å². The molecule has 1 saturated heterocycles. The Hall–Kier alpha value is -2.44. The van der Waals surface area contributed by atoms with Crippen molar-refractivity contribution in [1.29, 1.82) is 0 Å². The number of benzene rings is 1. The highest BCUT2D eigenvalue weighted by molar-refractivity contribution is 6.31. The van der Waals surface area contributed by atoms with Crippen LogP contribution >= 0.6 is 11.6 Å². The van der Waals surface area contributed by atoms with Crippen molar-refractivity contribution in [1.82, 2.24) is 14.8 Å². The lowest BCUT2D eigenvalue weighted by Crippen LogP contribution is -2.48. The summed E-state index contributed by atoms with van der Waals surface area (Å²) in [5, 5.41) is 3.43. The first-order valence-corrected chi connectivity index (χ1v) is 9.41. The van der Waals surface area contributed by atoms with E-state index in [1.165, 1.54) is 6.20 Å². The lowest BCUT2D eigenvalue weighted by atomic mass is 10.1. The van der Waals surface area contributed by atoms with Crippen LogP contribution in [0, 0.1) is 6.92 Å². The number of aromatic nitrogens is 1. The molecule has 1 aliphatic rings. The van der Waals surface area contributed by atoms with Gasteiger partial charge in [0.05, 0.1) is 0 Å². The van der Waals surface area contributed by atoms with E-state index in [1.54, 1.807) is 35.2 Å². The summed E-state index contributed by atoms with van der Waals surface area (Å²) in [4.78, 5) is 33.6. The number of hydrogen-bond donors (Lipinski definition) is 1. The van der Waals surface area contributed by atoms with Crippen LogP contribution in [0.2, 0.25) is 5.02 Å². The maximum Gasteiger partial charge on any atom is 0.272 e. The molecule has 0 spiro atoms. The van der Waals surface area contributed by atoms with Crippen molar-refractivity contribution in [3.63, 3.8) is 0 Å². The van der Waals surface area contributed by atoms with Crippen molar-refractivity contribution in [2.45, 2.75) is 13.8 Å². The number of pyridine rings is 1. The van der Waals surface area contributed by atoms with E-state index >= 15 is 0 Å². The maximum atomic E-state index is 12.7. The number of amides is 2. The van der Waals surface area contributed by atoms with Crippen LogP contribution in [0.15, 0.2) is 36.5 Å². The van der Waals surface area contributed by atoms with Gasteiger partial charge in [-0.05, 0) is 43.3 Å². The van der Waals surface area contributed by atoms with E-state index in [1.807, 2.05) is 6.92 Å². The molecular weight excluding hydrogens is 364 g/mol. The normalized spacial score (nSPS) is 14.9. The second-order valence-corrected chi connectivity index (χ2v) is 6.93. The van der Waals surface area contributed by atoms with Crippen molar-refractivity contribution in [2.24, 2.45) is 0 Å². The number of rotatable bonds is 4. The van der Waals surface area contributed by atoms with Gasteiger partial charge in [-0.3, -0.25) is 14.6 Å². The molecule has 1 aromatic heterocycles. The molecule has 3 rings (SSSR count). The average molecular weight is 387 g/mol. The van der Waals surface area contributed by atoms with Gasteiger partial charge in [0.2, 0.25) is 0 Å². The molecule has 0 aliphatic carbocycles. The molecule has 0 atom stereocenters. The van der Waals surface area contributed by atoms with Gasteiger partial charge < -0.3 is 15.1 Å². The average Bonchev–Trinajstić information content (AvgIpc) is 2.71. The van der Waals surface area contributed by atoms with Crippen molar-refractivity contribution >= 4 is 29.1 Å². The van der Waals surface area contributed by atoms with Gasteiger partial charge in [0, 0.05) is 48.6 Å². The molecule has 2 amide bonds. The summed E-state index contributed by atoms with van der Waals surface area (Å²) in [6.45, 7) is 8.00. The number of carbonyl (C=O) groups is 2. The summed E-state index contributed by atoms with van der Waals surface area (Å²) in [5.74, 6) is -0.438. The summed E-state index contributed by atoms with van der Waals surface area (Å²) in [6.07, 6.45) is 1.50. The van der Waals surface area contributed by atoms with E-state index in [2.05, 4.69) is 22.1 Å². The molecule has 0 radical (unpaired) electrons.